The minimum Gasteiger partial charge on any atom is -0.307 e. The predicted octanol–water partition coefficient (Wildman–Crippen LogP) is 4.74. The standard InChI is InChI=1S/C21H31NO/c1-5-20(23)21(16-17(2)22(3)4,18-12-8-6-9-13-18)19-14-10-7-11-15-19/h6,8-9,12-14,17H,5,7,10-11,15-16H2,1-4H3. The summed E-state index contributed by atoms with van der Waals surface area (Å²) in [6.07, 6.45) is 8.42. The van der Waals surface area contributed by atoms with Crippen molar-refractivity contribution in [2.75, 3.05) is 14.1 Å². The van der Waals surface area contributed by atoms with E-state index in [9.17, 15) is 4.79 Å². The molecule has 0 spiro atoms. The molecule has 126 valence electrons. The summed E-state index contributed by atoms with van der Waals surface area (Å²) in [6.45, 7) is 4.23. The van der Waals surface area contributed by atoms with Crippen LogP contribution in [-0.2, 0) is 10.2 Å². The highest BCUT2D eigenvalue weighted by Crippen LogP contribution is 2.43. The highest BCUT2D eigenvalue weighted by molar-refractivity contribution is 5.93. The molecule has 0 radical (unpaired) electrons. The predicted molar refractivity (Wildman–Crippen MR) is 97.7 cm³/mol. The van der Waals surface area contributed by atoms with Crippen molar-refractivity contribution >= 4 is 5.78 Å². The molecule has 0 aliphatic heterocycles. The zero-order valence-corrected chi connectivity index (χ0v) is 15.1. The Hall–Kier alpha value is -1.41. The highest BCUT2D eigenvalue weighted by Gasteiger charge is 2.43. The molecule has 2 rings (SSSR count). The Morgan fingerprint density at radius 3 is 2.43 bits per heavy atom. The van der Waals surface area contributed by atoms with Gasteiger partial charge in [-0.05, 0) is 58.7 Å². The van der Waals surface area contributed by atoms with Gasteiger partial charge in [-0.25, -0.2) is 0 Å². The first kappa shape index (κ1) is 17.9. The van der Waals surface area contributed by atoms with Gasteiger partial charge in [0, 0.05) is 12.5 Å². The van der Waals surface area contributed by atoms with Gasteiger partial charge in [-0.3, -0.25) is 4.79 Å². The van der Waals surface area contributed by atoms with Crippen LogP contribution in [0, 0.1) is 0 Å². The van der Waals surface area contributed by atoms with E-state index in [0.29, 0.717) is 18.2 Å². The minimum atomic E-state index is -0.444. The smallest absolute Gasteiger partial charge is 0.147 e. The van der Waals surface area contributed by atoms with Crippen LogP contribution in [0.1, 0.15) is 57.9 Å². The fourth-order valence-corrected chi connectivity index (χ4v) is 3.76. The number of carbonyl (C=O) groups excluding carboxylic acids is 1. The number of Topliss-reactive ketones (excluding diaryl/α,β-unsaturated/α-hetero) is 1. The van der Waals surface area contributed by atoms with Gasteiger partial charge in [0.25, 0.3) is 0 Å². The highest BCUT2D eigenvalue weighted by atomic mass is 16.1. The number of rotatable bonds is 7. The molecular weight excluding hydrogens is 282 g/mol. The molecule has 1 aliphatic rings. The second-order valence-electron chi connectivity index (χ2n) is 7.04. The maximum absolute atomic E-state index is 13.2. The van der Waals surface area contributed by atoms with Crippen molar-refractivity contribution in [1.82, 2.24) is 4.90 Å². The van der Waals surface area contributed by atoms with E-state index in [-0.39, 0.29) is 0 Å². The molecule has 1 aliphatic carbocycles. The summed E-state index contributed by atoms with van der Waals surface area (Å²) in [7, 11) is 4.21. The van der Waals surface area contributed by atoms with Gasteiger partial charge >= 0.3 is 0 Å². The number of nitrogens with zero attached hydrogens (tertiary/aromatic N) is 1. The topological polar surface area (TPSA) is 20.3 Å². The Bertz CT molecular complexity index is 546. The lowest BCUT2D eigenvalue weighted by Crippen LogP contribution is -2.44. The van der Waals surface area contributed by atoms with Crippen molar-refractivity contribution in [2.45, 2.75) is 63.8 Å². The first-order chi connectivity index (χ1) is 11.0. The zero-order chi connectivity index (χ0) is 16.9. The van der Waals surface area contributed by atoms with Crippen LogP contribution >= 0.6 is 0 Å². The third kappa shape index (κ3) is 3.74. The number of ketones is 1. The van der Waals surface area contributed by atoms with Crippen LogP contribution in [-0.4, -0.2) is 30.8 Å². The summed E-state index contributed by atoms with van der Waals surface area (Å²) in [5.41, 5.74) is 2.09. The summed E-state index contributed by atoms with van der Waals surface area (Å²) in [5.74, 6) is 0.366. The first-order valence-corrected chi connectivity index (χ1v) is 8.97. The molecule has 0 saturated carbocycles. The number of hydrogen-bond donors (Lipinski definition) is 0. The van der Waals surface area contributed by atoms with Crippen LogP contribution in [0.5, 0.6) is 0 Å². The Morgan fingerprint density at radius 2 is 1.91 bits per heavy atom. The van der Waals surface area contributed by atoms with E-state index in [2.05, 4.69) is 56.3 Å². The maximum atomic E-state index is 13.2. The van der Waals surface area contributed by atoms with Crippen molar-refractivity contribution in [3.05, 3.63) is 47.5 Å². The second-order valence-corrected chi connectivity index (χ2v) is 7.04. The van der Waals surface area contributed by atoms with E-state index >= 15 is 0 Å². The van der Waals surface area contributed by atoms with Crippen LogP contribution in [0.25, 0.3) is 0 Å². The molecule has 23 heavy (non-hydrogen) atoms. The number of benzene rings is 1. The van der Waals surface area contributed by atoms with E-state index in [1.165, 1.54) is 24.0 Å². The molecule has 2 heteroatoms. The van der Waals surface area contributed by atoms with Crippen molar-refractivity contribution in [3.63, 3.8) is 0 Å². The van der Waals surface area contributed by atoms with Gasteiger partial charge in [-0.2, -0.15) is 0 Å². The molecule has 0 heterocycles. The zero-order valence-electron chi connectivity index (χ0n) is 15.1. The van der Waals surface area contributed by atoms with Gasteiger partial charge in [-0.1, -0.05) is 48.9 Å². The molecule has 0 aromatic heterocycles. The lowest BCUT2D eigenvalue weighted by atomic mass is 9.64. The summed E-state index contributed by atoms with van der Waals surface area (Å²) < 4.78 is 0. The fourth-order valence-electron chi connectivity index (χ4n) is 3.76. The molecule has 0 N–H and O–H groups in total. The van der Waals surface area contributed by atoms with E-state index in [1.807, 2.05) is 13.0 Å². The SMILES string of the molecule is CCC(=O)C(CC(C)N(C)C)(C1=CCCCC1)c1ccccc1. The van der Waals surface area contributed by atoms with Crippen molar-refractivity contribution in [1.29, 1.82) is 0 Å². The summed E-state index contributed by atoms with van der Waals surface area (Å²) in [6, 6.07) is 10.8. The number of hydrogen-bond acceptors (Lipinski definition) is 2. The summed E-state index contributed by atoms with van der Waals surface area (Å²) >= 11 is 0. The molecule has 1 aromatic carbocycles. The fraction of sp³-hybridized carbons (Fsp3) is 0.571. The van der Waals surface area contributed by atoms with Crippen LogP contribution in [0.3, 0.4) is 0 Å². The van der Waals surface area contributed by atoms with Crippen LogP contribution in [0.15, 0.2) is 42.0 Å². The lowest BCUT2D eigenvalue weighted by Gasteiger charge is -2.40. The summed E-state index contributed by atoms with van der Waals surface area (Å²) in [5, 5.41) is 0. The maximum Gasteiger partial charge on any atom is 0.147 e. The Morgan fingerprint density at radius 1 is 1.22 bits per heavy atom. The third-order valence-corrected chi connectivity index (χ3v) is 5.39. The van der Waals surface area contributed by atoms with Gasteiger partial charge in [0.15, 0.2) is 0 Å². The normalized spacial score (nSPS) is 19.1. The largest absolute Gasteiger partial charge is 0.307 e. The molecule has 2 atom stereocenters. The number of carbonyl (C=O) groups is 1. The molecular formula is C21H31NO. The van der Waals surface area contributed by atoms with Gasteiger partial charge in [0.2, 0.25) is 0 Å². The van der Waals surface area contributed by atoms with E-state index in [4.69, 9.17) is 0 Å². The molecule has 0 amide bonds. The molecule has 0 saturated heterocycles. The Kier molecular flexibility index (Phi) is 6.17. The summed E-state index contributed by atoms with van der Waals surface area (Å²) in [4.78, 5) is 15.5. The van der Waals surface area contributed by atoms with Crippen LogP contribution < -0.4 is 0 Å². The van der Waals surface area contributed by atoms with E-state index < -0.39 is 5.41 Å². The van der Waals surface area contributed by atoms with Crippen molar-refractivity contribution in [2.24, 2.45) is 0 Å². The molecule has 0 bridgehead atoms. The van der Waals surface area contributed by atoms with Gasteiger partial charge < -0.3 is 4.90 Å². The monoisotopic (exact) mass is 313 g/mol. The molecule has 2 unspecified atom stereocenters. The van der Waals surface area contributed by atoms with Crippen molar-refractivity contribution < 1.29 is 4.79 Å². The Balaban J connectivity index is 2.58. The van der Waals surface area contributed by atoms with E-state index in [1.54, 1.807) is 0 Å². The number of allylic oxidation sites excluding steroid dienone is 2. The average molecular weight is 313 g/mol. The molecule has 1 aromatic rings. The first-order valence-electron chi connectivity index (χ1n) is 8.97. The third-order valence-electron chi connectivity index (χ3n) is 5.39. The second kappa shape index (κ2) is 7.92. The van der Waals surface area contributed by atoms with Crippen LogP contribution in [0.2, 0.25) is 0 Å². The molecule has 2 nitrogen and oxygen atoms in total. The molecule has 0 fully saturated rings. The van der Waals surface area contributed by atoms with Crippen molar-refractivity contribution in [3.8, 4) is 0 Å². The van der Waals surface area contributed by atoms with Crippen LogP contribution in [0.4, 0.5) is 0 Å². The van der Waals surface area contributed by atoms with Gasteiger partial charge in [0.1, 0.15) is 5.78 Å². The van der Waals surface area contributed by atoms with Gasteiger partial charge in [0.05, 0.1) is 5.41 Å². The van der Waals surface area contributed by atoms with E-state index in [0.717, 1.165) is 19.3 Å². The quantitative estimate of drug-likeness (QED) is 0.677. The lowest BCUT2D eigenvalue weighted by molar-refractivity contribution is -0.123. The minimum absolute atomic E-state index is 0.355. The average Bonchev–Trinajstić information content (AvgIpc) is 2.60. The van der Waals surface area contributed by atoms with Gasteiger partial charge in [-0.15, -0.1) is 0 Å². The Labute approximate surface area is 141 Å².